The van der Waals surface area contributed by atoms with Gasteiger partial charge < -0.3 is 4.52 Å². The Morgan fingerprint density at radius 1 is 1.33 bits per heavy atom. The maximum Gasteiger partial charge on any atom is 0.569 e. The Labute approximate surface area is 69.8 Å². The van der Waals surface area contributed by atoms with E-state index < -0.39 is 7.91 Å². The largest absolute Gasteiger partial charge is 0.569 e. The molecule has 0 fully saturated rings. The molecule has 0 N–H and O–H groups in total. The topological polar surface area (TPSA) is 35.5 Å². The molecule has 0 heterocycles. The Hall–Kier alpha value is -0.860. The van der Waals surface area contributed by atoms with E-state index in [0.717, 1.165) is 7.11 Å². The molecule has 3 nitrogen and oxygen atoms in total. The summed E-state index contributed by atoms with van der Waals surface area (Å²) in [6.45, 7) is 0. The summed E-state index contributed by atoms with van der Waals surface area (Å²) in [5, 5.41) is 0. The van der Waals surface area contributed by atoms with Gasteiger partial charge in [-0.3, -0.25) is 4.52 Å². The highest BCUT2D eigenvalue weighted by molar-refractivity contribution is 7.48. The second-order valence-electron chi connectivity index (χ2n) is 2.02. The molecule has 0 saturated heterocycles. The third kappa shape index (κ3) is 2.64. The van der Waals surface area contributed by atoms with Crippen molar-refractivity contribution in [3.05, 3.63) is 30.3 Å². The molecule has 1 aromatic carbocycles. The van der Waals surface area contributed by atoms with Gasteiger partial charge in [-0.05, 0) is 12.1 Å². The monoisotopic (exact) mass is 190 g/mol. The van der Waals surface area contributed by atoms with Gasteiger partial charge in [0, 0.05) is 7.11 Å². The van der Waals surface area contributed by atoms with Crippen molar-refractivity contribution >= 4 is 7.91 Å². The van der Waals surface area contributed by atoms with Crippen LogP contribution < -0.4 is 4.52 Å². The summed E-state index contributed by atoms with van der Waals surface area (Å²) in [6, 6.07) is 8.01. The first kappa shape index (κ1) is 9.23. The third-order valence-corrected chi connectivity index (χ3v) is 2.04. The number of halogens is 1. The van der Waals surface area contributed by atoms with Crippen LogP contribution in [0.15, 0.2) is 30.3 Å². The molecule has 5 heteroatoms. The number of hydrogen-bond donors (Lipinski definition) is 0. The van der Waals surface area contributed by atoms with Crippen molar-refractivity contribution in [1.29, 1.82) is 0 Å². The van der Waals surface area contributed by atoms with Crippen LogP contribution >= 0.6 is 7.91 Å². The first-order chi connectivity index (χ1) is 5.64. The van der Waals surface area contributed by atoms with Gasteiger partial charge >= 0.3 is 7.91 Å². The van der Waals surface area contributed by atoms with Crippen LogP contribution in [0.4, 0.5) is 4.20 Å². The Kier molecular flexibility index (Phi) is 2.84. The summed E-state index contributed by atoms with van der Waals surface area (Å²) in [5.41, 5.74) is 0. The van der Waals surface area contributed by atoms with E-state index >= 15 is 0 Å². The molecular formula is C7H8FO3P. The molecule has 1 unspecified atom stereocenters. The summed E-state index contributed by atoms with van der Waals surface area (Å²) in [4.78, 5) is 0. The van der Waals surface area contributed by atoms with Crippen molar-refractivity contribution in [3.8, 4) is 5.75 Å². The summed E-state index contributed by atoms with van der Waals surface area (Å²) in [6.07, 6.45) is 0. The molecular weight excluding hydrogens is 182 g/mol. The van der Waals surface area contributed by atoms with E-state index in [9.17, 15) is 8.76 Å². The van der Waals surface area contributed by atoms with Crippen LogP contribution in [0.2, 0.25) is 0 Å². The highest BCUT2D eigenvalue weighted by Crippen LogP contribution is 2.48. The number of rotatable bonds is 3. The Morgan fingerprint density at radius 3 is 2.42 bits per heavy atom. The summed E-state index contributed by atoms with van der Waals surface area (Å²) < 4.78 is 31.7. The van der Waals surface area contributed by atoms with E-state index in [4.69, 9.17) is 0 Å². The summed E-state index contributed by atoms with van der Waals surface area (Å²) in [5.74, 6) is 0.185. The maximum atomic E-state index is 12.6. The maximum absolute atomic E-state index is 12.6. The van der Waals surface area contributed by atoms with Crippen LogP contribution in [-0.2, 0) is 9.09 Å². The second-order valence-corrected chi connectivity index (χ2v) is 3.43. The smallest absolute Gasteiger partial charge is 0.401 e. The molecule has 0 aliphatic rings. The average molecular weight is 190 g/mol. The van der Waals surface area contributed by atoms with Crippen molar-refractivity contribution < 1.29 is 17.8 Å². The zero-order chi connectivity index (χ0) is 9.03. The van der Waals surface area contributed by atoms with Crippen LogP contribution in [0.1, 0.15) is 0 Å². The number of para-hydroxylation sites is 1. The standard InChI is InChI=1S/C7H8FO3P/c1-10-12(8,9)11-7-5-3-2-4-6-7/h2-6H,1H3. The van der Waals surface area contributed by atoms with E-state index in [1.165, 1.54) is 12.1 Å². The van der Waals surface area contributed by atoms with Crippen LogP contribution in [0.5, 0.6) is 5.75 Å². The molecule has 0 bridgehead atoms. The fraction of sp³-hybridized carbons (Fsp3) is 0.143. The highest BCUT2D eigenvalue weighted by atomic mass is 31.2. The normalized spacial score (nSPS) is 15.2. The van der Waals surface area contributed by atoms with Gasteiger partial charge in [0.25, 0.3) is 0 Å². The minimum atomic E-state index is -4.40. The fourth-order valence-corrected chi connectivity index (χ4v) is 1.09. The van der Waals surface area contributed by atoms with Crippen LogP contribution in [0, 0.1) is 0 Å². The molecule has 12 heavy (non-hydrogen) atoms. The summed E-state index contributed by atoms with van der Waals surface area (Å²) in [7, 11) is -3.41. The molecule has 0 amide bonds. The van der Waals surface area contributed by atoms with Crippen molar-refractivity contribution in [3.63, 3.8) is 0 Å². The predicted molar refractivity (Wildman–Crippen MR) is 42.8 cm³/mol. The first-order valence-electron chi connectivity index (χ1n) is 3.24. The molecule has 0 aliphatic heterocycles. The van der Waals surface area contributed by atoms with E-state index in [1.54, 1.807) is 18.2 Å². The molecule has 1 atom stereocenters. The predicted octanol–water partition coefficient (Wildman–Crippen LogP) is 2.79. The van der Waals surface area contributed by atoms with Crippen molar-refractivity contribution in [2.75, 3.05) is 7.11 Å². The lowest BCUT2D eigenvalue weighted by molar-refractivity contribution is 0.281. The Balaban J connectivity index is 2.71. The lowest BCUT2D eigenvalue weighted by atomic mass is 10.3. The van der Waals surface area contributed by atoms with Gasteiger partial charge in [0.05, 0.1) is 0 Å². The van der Waals surface area contributed by atoms with E-state index in [2.05, 4.69) is 9.05 Å². The molecule has 0 aromatic heterocycles. The third-order valence-electron chi connectivity index (χ3n) is 1.18. The minimum Gasteiger partial charge on any atom is -0.401 e. The Bertz CT molecular complexity index is 288. The van der Waals surface area contributed by atoms with Crippen molar-refractivity contribution in [1.82, 2.24) is 0 Å². The molecule has 66 valence electrons. The van der Waals surface area contributed by atoms with Gasteiger partial charge in [0.2, 0.25) is 0 Å². The van der Waals surface area contributed by atoms with Gasteiger partial charge in [-0.25, -0.2) is 4.57 Å². The van der Waals surface area contributed by atoms with Crippen LogP contribution in [0.25, 0.3) is 0 Å². The van der Waals surface area contributed by atoms with E-state index in [1.807, 2.05) is 0 Å². The van der Waals surface area contributed by atoms with E-state index in [0.29, 0.717) is 0 Å². The quantitative estimate of drug-likeness (QED) is 0.687. The number of benzene rings is 1. The van der Waals surface area contributed by atoms with Gasteiger partial charge in [-0.1, -0.05) is 18.2 Å². The van der Waals surface area contributed by atoms with Gasteiger partial charge in [0.15, 0.2) is 0 Å². The van der Waals surface area contributed by atoms with Gasteiger partial charge in [-0.15, -0.1) is 4.20 Å². The zero-order valence-electron chi connectivity index (χ0n) is 6.44. The van der Waals surface area contributed by atoms with Gasteiger partial charge in [-0.2, -0.15) is 0 Å². The minimum absolute atomic E-state index is 0.185. The molecule has 0 saturated carbocycles. The molecule has 1 rings (SSSR count). The fourth-order valence-electron chi connectivity index (χ4n) is 0.645. The van der Waals surface area contributed by atoms with E-state index in [-0.39, 0.29) is 5.75 Å². The van der Waals surface area contributed by atoms with Crippen LogP contribution in [0.3, 0.4) is 0 Å². The SMILES string of the molecule is COP(=O)(F)Oc1ccccc1. The lowest BCUT2D eigenvalue weighted by Gasteiger charge is -2.06. The number of hydrogen-bond acceptors (Lipinski definition) is 3. The van der Waals surface area contributed by atoms with Crippen molar-refractivity contribution in [2.24, 2.45) is 0 Å². The Morgan fingerprint density at radius 2 is 1.92 bits per heavy atom. The van der Waals surface area contributed by atoms with Gasteiger partial charge in [0.1, 0.15) is 5.75 Å². The summed E-state index contributed by atoms with van der Waals surface area (Å²) >= 11 is 0. The van der Waals surface area contributed by atoms with Crippen LogP contribution in [-0.4, -0.2) is 7.11 Å². The molecule has 0 spiro atoms. The first-order valence-corrected chi connectivity index (χ1v) is 4.67. The highest BCUT2D eigenvalue weighted by Gasteiger charge is 2.23. The van der Waals surface area contributed by atoms with Crippen molar-refractivity contribution in [2.45, 2.75) is 0 Å². The second kappa shape index (κ2) is 3.70. The lowest BCUT2D eigenvalue weighted by Crippen LogP contribution is -1.88. The molecule has 0 aliphatic carbocycles. The molecule has 1 aromatic rings. The molecule has 0 radical (unpaired) electrons. The average Bonchev–Trinajstić information content (AvgIpc) is 2.06. The zero-order valence-corrected chi connectivity index (χ0v) is 7.33.